The molecule has 19 heavy (non-hydrogen) atoms. The first-order valence-corrected chi connectivity index (χ1v) is 5.86. The minimum absolute atomic E-state index is 0.0131. The fourth-order valence-electron chi connectivity index (χ4n) is 2.18. The minimum atomic E-state index is -1.06. The molecular weight excluding hydrogens is 254 g/mol. The molecule has 0 aliphatic carbocycles. The van der Waals surface area contributed by atoms with E-state index < -0.39 is 11.6 Å². The Kier molecular flexibility index (Phi) is 2.66. The van der Waals surface area contributed by atoms with Crippen LogP contribution in [0.3, 0.4) is 0 Å². The minimum Gasteiger partial charge on any atom is -0.453 e. The van der Waals surface area contributed by atoms with Gasteiger partial charge in [-0.1, -0.05) is 11.6 Å². The van der Waals surface area contributed by atoms with E-state index in [-0.39, 0.29) is 29.8 Å². The molecule has 4 nitrogen and oxygen atoms in total. The average molecular weight is 266 g/mol. The summed E-state index contributed by atoms with van der Waals surface area (Å²) in [6, 6.07) is 1.38. The Morgan fingerprint density at radius 3 is 2.84 bits per heavy atom. The lowest BCUT2D eigenvalue weighted by molar-refractivity contribution is 0.170. The molecule has 0 bridgehead atoms. The van der Waals surface area contributed by atoms with E-state index in [1.54, 1.807) is 0 Å². The predicted molar refractivity (Wildman–Crippen MR) is 65.9 cm³/mol. The van der Waals surface area contributed by atoms with Crippen LogP contribution in [0, 0.1) is 17.0 Å². The zero-order valence-corrected chi connectivity index (χ0v) is 10.3. The highest BCUT2D eigenvalue weighted by Crippen LogP contribution is 2.41. The van der Waals surface area contributed by atoms with Crippen LogP contribution in [0.5, 0.6) is 11.5 Å². The van der Waals surface area contributed by atoms with Crippen molar-refractivity contribution < 1.29 is 18.3 Å². The van der Waals surface area contributed by atoms with Gasteiger partial charge >= 0.3 is 0 Å². The number of amidine groups is 1. The van der Waals surface area contributed by atoms with E-state index in [1.807, 2.05) is 13.0 Å². The summed E-state index contributed by atoms with van der Waals surface area (Å²) in [6.07, 6.45) is 2.31. The topological polar surface area (TPSA) is 45.6 Å². The first kappa shape index (κ1) is 12.0. The monoisotopic (exact) mass is 266 g/mol. The number of nitrogens with one attached hydrogen (secondary N) is 1. The third-order valence-electron chi connectivity index (χ3n) is 3.19. The van der Waals surface area contributed by atoms with Gasteiger partial charge in [0.25, 0.3) is 0 Å². The molecule has 1 aromatic rings. The van der Waals surface area contributed by atoms with Crippen molar-refractivity contribution in [1.82, 2.24) is 0 Å². The Balaban J connectivity index is 2.08. The Morgan fingerprint density at radius 2 is 2.05 bits per heavy atom. The molecule has 3 rings (SSSR count). The van der Waals surface area contributed by atoms with Crippen molar-refractivity contribution in [3.8, 4) is 11.5 Å². The normalized spacial score (nSPS) is 17.7. The van der Waals surface area contributed by atoms with Gasteiger partial charge in [0, 0.05) is 19.0 Å². The highest BCUT2D eigenvalue weighted by molar-refractivity contribution is 5.98. The van der Waals surface area contributed by atoms with Crippen LogP contribution in [-0.4, -0.2) is 19.2 Å². The predicted octanol–water partition coefficient (Wildman–Crippen LogP) is 2.83. The van der Waals surface area contributed by atoms with Gasteiger partial charge in [-0.2, -0.15) is 4.39 Å². The standard InChI is InChI=1S/C13H12F2N2O2/c1-7-2-3-10(16)17(5-7)8-4-9-13(19-6-18-9)12(15)11(8)14/h2,4,16H,3,5-6H2,1H3. The summed E-state index contributed by atoms with van der Waals surface area (Å²) in [6.45, 7) is 2.14. The van der Waals surface area contributed by atoms with E-state index in [1.165, 1.54) is 11.0 Å². The van der Waals surface area contributed by atoms with E-state index in [0.717, 1.165) is 5.57 Å². The van der Waals surface area contributed by atoms with Crippen LogP contribution in [0.2, 0.25) is 0 Å². The van der Waals surface area contributed by atoms with Crippen molar-refractivity contribution in [3.63, 3.8) is 0 Å². The van der Waals surface area contributed by atoms with Gasteiger partial charge in [0.1, 0.15) is 5.84 Å². The Labute approximate surface area is 108 Å². The second kappa shape index (κ2) is 4.22. The van der Waals surface area contributed by atoms with Crippen LogP contribution >= 0.6 is 0 Å². The molecule has 0 aromatic heterocycles. The maximum Gasteiger partial charge on any atom is 0.231 e. The quantitative estimate of drug-likeness (QED) is 0.795. The van der Waals surface area contributed by atoms with Gasteiger partial charge in [0.15, 0.2) is 11.6 Å². The molecule has 2 aliphatic heterocycles. The molecule has 0 amide bonds. The molecule has 100 valence electrons. The Bertz CT molecular complexity index is 599. The van der Waals surface area contributed by atoms with Crippen molar-refractivity contribution in [2.24, 2.45) is 0 Å². The molecule has 1 N–H and O–H groups in total. The fourth-order valence-corrected chi connectivity index (χ4v) is 2.18. The number of ether oxygens (including phenoxy) is 2. The van der Waals surface area contributed by atoms with Crippen LogP contribution in [0.4, 0.5) is 14.5 Å². The number of rotatable bonds is 1. The van der Waals surface area contributed by atoms with E-state index in [0.29, 0.717) is 13.0 Å². The largest absolute Gasteiger partial charge is 0.453 e. The van der Waals surface area contributed by atoms with Gasteiger partial charge in [-0.25, -0.2) is 4.39 Å². The van der Waals surface area contributed by atoms with Crippen LogP contribution in [0.15, 0.2) is 17.7 Å². The molecule has 0 radical (unpaired) electrons. The zero-order chi connectivity index (χ0) is 13.6. The van der Waals surface area contributed by atoms with Crippen molar-refractivity contribution >= 4 is 11.5 Å². The molecular formula is C13H12F2N2O2. The summed E-state index contributed by atoms with van der Waals surface area (Å²) in [4.78, 5) is 1.44. The lowest BCUT2D eigenvalue weighted by Crippen LogP contribution is -2.35. The number of fused-ring (bicyclic) bond motifs is 1. The molecule has 0 atom stereocenters. The number of hydrogen-bond donors (Lipinski definition) is 1. The van der Waals surface area contributed by atoms with Crippen molar-refractivity contribution in [2.75, 3.05) is 18.2 Å². The number of nitrogens with zero attached hydrogens (tertiary/aromatic N) is 1. The third-order valence-corrected chi connectivity index (χ3v) is 3.19. The molecule has 6 heteroatoms. The van der Waals surface area contributed by atoms with Gasteiger partial charge < -0.3 is 14.4 Å². The first-order chi connectivity index (χ1) is 9.08. The van der Waals surface area contributed by atoms with Gasteiger partial charge in [0.05, 0.1) is 5.69 Å². The van der Waals surface area contributed by atoms with Gasteiger partial charge in [-0.15, -0.1) is 0 Å². The smallest absolute Gasteiger partial charge is 0.231 e. The maximum atomic E-state index is 14.1. The zero-order valence-electron chi connectivity index (χ0n) is 10.3. The molecule has 2 heterocycles. The van der Waals surface area contributed by atoms with E-state index in [4.69, 9.17) is 14.9 Å². The number of hydrogen-bond acceptors (Lipinski definition) is 3. The maximum absolute atomic E-state index is 14.1. The van der Waals surface area contributed by atoms with Crippen molar-refractivity contribution in [1.29, 1.82) is 5.41 Å². The molecule has 0 fully saturated rings. The van der Waals surface area contributed by atoms with E-state index in [2.05, 4.69) is 0 Å². The number of halogens is 2. The first-order valence-electron chi connectivity index (χ1n) is 5.86. The summed E-state index contributed by atoms with van der Waals surface area (Å²) in [5.74, 6) is -1.87. The summed E-state index contributed by atoms with van der Waals surface area (Å²) in [5.41, 5.74) is 1.02. The average Bonchev–Trinajstić information content (AvgIpc) is 2.85. The summed E-state index contributed by atoms with van der Waals surface area (Å²) in [5, 5.41) is 7.86. The molecule has 0 spiro atoms. The highest BCUT2D eigenvalue weighted by atomic mass is 19.2. The summed E-state index contributed by atoms with van der Waals surface area (Å²) in [7, 11) is 0. The van der Waals surface area contributed by atoms with Crippen LogP contribution in [0.25, 0.3) is 0 Å². The molecule has 1 aromatic carbocycles. The molecule has 0 saturated carbocycles. The molecule has 2 aliphatic rings. The Morgan fingerprint density at radius 1 is 1.26 bits per heavy atom. The Hall–Kier alpha value is -2.11. The van der Waals surface area contributed by atoms with Crippen molar-refractivity contribution in [3.05, 3.63) is 29.3 Å². The van der Waals surface area contributed by atoms with Crippen molar-refractivity contribution in [2.45, 2.75) is 13.3 Å². The van der Waals surface area contributed by atoms with Crippen LogP contribution < -0.4 is 14.4 Å². The van der Waals surface area contributed by atoms with Crippen LogP contribution in [-0.2, 0) is 0 Å². The lowest BCUT2D eigenvalue weighted by atomic mass is 10.1. The summed E-state index contributed by atoms with van der Waals surface area (Å²) < 4.78 is 37.9. The van der Waals surface area contributed by atoms with Crippen LogP contribution in [0.1, 0.15) is 13.3 Å². The highest BCUT2D eigenvalue weighted by Gasteiger charge is 2.29. The number of anilines is 1. The van der Waals surface area contributed by atoms with E-state index in [9.17, 15) is 8.78 Å². The van der Waals surface area contributed by atoms with Gasteiger partial charge in [-0.05, 0) is 6.92 Å². The molecule has 0 saturated heterocycles. The second-order valence-electron chi connectivity index (χ2n) is 4.54. The van der Waals surface area contributed by atoms with Gasteiger partial charge in [-0.3, -0.25) is 5.41 Å². The van der Waals surface area contributed by atoms with E-state index >= 15 is 0 Å². The van der Waals surface area contributed by atoms with Gasteiger partial charge in [0.2, 0.25) is 18.4 Å². The SMILES string of the molecule is CC1=CCC(=N)N(c2cc3c(c(F)c2F)OCO3)C1. The summed E-state index contributed by atoms with van der Waals surface area (Å²) >= 11 is 0. The lowest BCUT2D eigenvalue weighted by Gasteiger charge is -2.29. The fraction of sp³-hybridized carbons (Fsp3) is 0.308. The second-order valence-corrected chi connectivity index (χ2v) is 4.54. The number of benzene rings is 1. The molecule has 0 unspecified atom stereocenters. The third kappa shape index (κ3) is 1.83.